The summed E-state index contributed by atoms with van der Waals surface area (Å²) in [5, 5.41) is 29.3. The SMILES string of the molecule is CC(=O)OC[C@@H]1O[C@H](c2ccc(Cl)c(Cc3ccc(Br)s3)c2)[C@@H](CC(=O)O)[C@@H](CC(=O)O)[C@H]1CC(=O)O. The second-order valence-corrected chi connectivity index (χ2v) is 11.9. The van der Waals surface area contributed by atoms with E-state index in [1.54, 1.807) is 29.5 Å². The molecule has 1 aliphatic heterocycles. The van der Waals surface area contributed by atoms with Gasteiger partial charge in [-0.3, -0.25) is 19.2 Å². The maximum Gasteiger partial charge on any atom is 0.303 e. The van der Waals surface area contributed by atoms with Crippen LogP contribution < -0.4 is 0 Å². The lowest BCUT2D eigenvalue weighted by Crippen LogP contribution is -2.48. The van der Waals surface area contributed by atoms with Crippen molar-refractivity contribution in [1.82, 2.24) is 0 Å². The van der Waals surface area contributed by atoms with Crippen molar-refractivity contribution in [3.8, 4) is 0 Å². The van der Waals surface area contributed by atoms with Crippen LogP contribution in [0.1, 0.15) is 48.3 Å². The molecule has 12 heteroatoms. The topological polar surface area (TPSA) is 147 Å². The predicted octanol–water partition coefficient (Wildman–Crippen LogP) is 5.03. The molecule has 0 bridgehead atoms. The molecule has 1 aliphatic rings. The third-order valence-electron chi connectivity index (χ3n) is 6.36. The summed E-state index contributed by atoms with van der Waals surface area (Å²) in [5.74, 6) is -6.76. The normalized spacial score (nSPS) is 23.4. The number of carboxylic acid groups (broad SMARTS) is 3. The number of ether oxygens (including phenoxy) is 2. The standard InChI is InChI=1S/C25H26BrClO9S/c1-12(28)35-11-20-17(9-23(31)32)16(8-22(29)30)18(10-24(33)34)25(36-20)13-2-4-19(27)14(6-13)7-15-3-5-21(26)37-15/h2-6,16-18,20,25H,7-11H2,1H3,(H,29,30)(H,31,32)(H,33,34)/t16-,17+,18-,20-,25+/m0/s1. The summed E-state index contributed by atoms with van der Waals surface area (Å²) in [4.78, 5) is 47.9. The molecule has 1 aromatic carbocycles. The third kappa shape index (κ3) is 8.00. The molecule has 37 heavy (non-hydrogen) atoms. The summed E-state index contributed by atoms with van der Waals surface area (Å²) >= 11 is 11.4. The minimum atomic E-state index is -1.19. The lowest BCUT2D eigenvalue weighted by atomic mass is 9.68. The van der Waals surface area contributed by atoms with E-state index in [9.17, 15) is 34.5 Å². The average molecular weight is 618 g/mol. The number of carboxylic acids is 3. The Balaban J connectivity index is 2.06. The lowest BCUT2D eigenvalue weighted by molar-refractivity contribution is -0.189. The first-order chi connectivity index (χ1) is 17.4. The number of esters is 1. The molecular formula is C25H26BrClO9S. The number of rotatable bonds is 11. The van der Waals surface area contributed by atoms with Gasteiger partial charge < -0.3 is 24.8 Å². The van der Waals surface area contributed by atoms with Crippen molar-refractivity contribution in [1.29, 1.82) is 0 Å². The van der Waals surface area contributed by atoms with Gasteiger partial charge in [-0.1, -0.05) is 23.7 Å². The molecule has 0 amide bonds. The number of carbonyl (C=O) groups excluding carboxylic acids is 1. The molecule has 0 saturated carbocycles. The van der Waals surface area contributed by atoms with Gasteiger partial charge in [-0.25, -0.2) is 0 Å². The van der Waals surface area contributed by atoms with Crippen molar-refractivity contribution in [3.05, 3.63) is 55.1 Å². The molecule has 200 valence electrons. The van der Waals surface area contributed by atoms with Crippen LogP contribution in [-0.4, -0.2) is 51.9 Å². The van der Waals surface area contributed by atoms with Gasteiger partial charge in [0.1, 0.15) is 6.61 Å². The number of hydrogen-bond donors (Lipinski definition) is 3. The van der Waals surface area contributed by atoms with Crippen molar-refractivity contribution in [2.24, 2.45) is 17.8 Å². The smallest absolute Gasteiger partial charge is 0.303 e. The zero-order valence-corrected chi connectivity index (χ0v) is 22.9. The molecule has 1 fully saturated rings. The van der Waals surface area contributed by atoms with Gasteiger partial charge in [0, 0.05) is 41.5 Å². The highest BCUT2D eigenvalue weighted by Gasteiger charge is 2.48. The Hall–Kier alpha value is -2.47. The lowest BCUT2D eigenvalue weighted by Gasteiger charge is -2.46. The van der Waals surface area contributed by atoms with Crippen molar-refractivity contribution in [2.75, 3.05) is 6.61 Å². The van der Waals surface area contributed by atoms with Crippen LogP contribution in [0.3, 0.4) is 0 Å². The van der Waals surface area contributed by atoms with Gasteiger partial charge in [-0.05, 0) is 51.2 Å². The van der Waals surface area contributed by atoms with Crippen LogP contribution in [0.25, 0.3) is 0 Å². The highest BCUT2D eigenvalue weighted by molar-refractivity contribution is 9.11. The molecule has 0 radical (unpaired) electrons. The minimum Gasteiger partial charge on any atom is -0.481 e. The number of benzene rings is 1. The largest absolute Gasteiger partial charge is 0.481 e. The van der Waals surface area contributed by atoms with Gasteiger partial charge in [-0.15, -0.1) is 11.3 Å². The molecule has 2 aromatic rings. The van der Waals surface area contributed by atoms with Crippen molar-refractivity contribution in [2.45, 2.75) is 44.8 Å². The van der Waals surface area contributed by atoms with Crippen LogP contribution in [0.5, 0.6) is 0 Å². The second-order valence-electron chi connectivity index (χ2n) is 8.92. The van der Waals surface area contributed by atoms with Gasteiger partial charge in [0.15, 0.2) is 0 Å². The first kappa shape index (κ1) is 29.1. The summed E-state index contributed by atoms with van der Waals surface area (Å²) in [6, 6.07) is 9.04. The van der Waals surface area contributed by atoms with Crippen molar-refractivity contribution >= 4 is 62.7 Å². The maximum atomic E-state index is 11.9. The van der Waals surface area contributed by atoms with Crippen LogP contribution in [0.15, 0.2) is 34.1 Å². The monoisotopic (exact) mass is 616 g/mol. The molecule has 1 aromatic heterocycles. The first-order valence-corrected chi connectivity index (χ1v) is 13.4. The molecule has 9 nitrogen and oxygen atoms in total. The fourth-order valence-electron chi connectivity index (χ4n) is 4.89. The Morgan fingerprint density at radius 3 is 2.16 bits per heavy atom. The number of thiophene rings is 1. The second kappa shape index (κ2) is 12.9. The van der Waals surface area contributed by atoms with Crippen LogP contribution in [0, 0.1) is 17.8 Å². The average Bonchev–Trinajstić information content (AvgIpc) is 3.20. The zero-order valence-electron chi connectivity index (χ0n) is 19.8. The van der Waals surface area contributed by atoms with E-state index in [1.807, 2.05) is 12.1 Å². The first-order valence-electron chi connectivity index (χ1n) is 11.4. The summed E-state index contributed by atoms with van der Waals surface area (Å²) in [5.41, 5.74) is 1.35. The molecule has 3 rings (SSSR count). The van der Waals surface area contributed by atoms with E-state index in [-0.39, 0.29) is 6.61 Å². The molecule has 5 atom stereocenters. The van der Waals surface area contributed by atoms with Crippen LogP contribution in [-0.2, 0) is 35.1 Å². The highest BCUT2D eigenvalue weighted by Crippen LogP contribution is 2.48. The Morgan fingerprint density at radius 1 is 0.973 bits per heavy atom. The van der Waals surface area contributed by atoms with Crippen LogP contribution in [0.4, 0.5) is 0 Å². The minimum absolute atomic E-state index is 0.288. The molecule has 2 heterocycles. The van der Waals surface area contributed by atoms with E-state index in [0.717, 1.165) is 14.2 Å². The quantitative estimate of drug-likeness (QED) is 0.295. The molecule has 3 N–H and O–H groups in total. The summed E-state index contributed by atoms with van der Waals surface area (Å²) in [7, 11) is 0. The van der Waals surface area contributed by atoms with E-state index in [2.05, 4.69) is 15.9 Å². The molecule has 0 spiro atoms. The van der Waals surface area contributed by atoms with E-state index in [0.29, 0.717) is 17.0 Å². The summed E-state index contributed by atoms with van der Waals surface area (Å²) in [6.07, 6.45) is -2.70. The van der Waals surface area contributed by atoms with Gasteiger partial charge in [0.2, 0.25) is 0 Å². The van der Waals surface area contributed by atoms with Crippen molar-refractivity contribution < 1.29 is 44.0 Å². The Bertz CT molecular complexity index is 1170. The maximum absolute atomic E-state index is 11.9. The van der Waals surface area contributed by atoms with E-state index < -0.39 is 73.1 Å². The van der Waals surface area contributed by atoms with Crippen LogP contribution >= 0.6 is 38.9 Å². The van der Waals surface area contributed by atoms with E-state index in [1.165, 1.54) is 6.92 Å². The Morgan fingerprint density at radius 2 is 1.59 bits per heavy atom. The van der Waals surface area contributed by atoms with E-state index >= 15 is 0 Å². The molecule has 0 aliphatic carbocycles. The van der Waals surface area contributed by atoms with Crippen molar-refractivity contribution in [3.63, 3.8) is 0 Å². The number of aliphatic carboxylic acids is 3. The fourth-order valence-corrected chi connectivity index (χ4v) is 6.58. The van der Waals surface area contributed by atoms with Gasteiger partial charge in [-0.2, -0.15) is 0 Å². The number of hydrogen-bond acceptors (Lipinski definition) is 7. The van der Waals surface area contributed by atoms with Gasteiger partial charge in [0.25, 0.3) is 0 Å². The molecule has 1 saturated heterocycles. The zero-order chi connectivity index (χ0) is 27.3. The van der Waals surface area contributed by atoms with Gasteiger partial charge in [0.05, 0.1) is 28.8 Å². The van der Waals surface area contributed by atoms with Gasteiger partial charge >= 0.3 is 23.9 Å². The number of halogens is 2. The third-order valence-corrected chi connectivity index (χ3v) is 8.35. The highest BCUT2D eigenvalue weighted by atomic mass is 79.9. The fraction of sp³-hybridized carbons (Fsp3) is 0.440. The Labute approximate surface area is 230 Å². The molecule has 0 unspecified atom stereocenters. The van der Waals surface area contributed by atoms with Crippen LogP contribution in [0.2, 0.25) is 5.02 Å². The summed E-state index contributed by atoms with van der Waals surface area (Å²) in [6.45, 7) is 0.909. The predicted molar refractivity (Wildman–Crippen MR) is 138 cm³/mol. The Kier molecular flexibility index (Phi) is 10.1. The number of carbonyl (C=O) groups is 4. The summed E-state index contributed by atoms with van der Waals surface area (Å²) < 4.78 is 12.4. The molecular weight excluding hydrogens is 592 g/mol. The van der Waals surface area contributed by atoms with E-state index in [4.69, 9.17) is 21.1 Å².